The maximum atomic E-state index is 13.4. The highest BCUT2D eigenvalue weighted by molar-refractivity contribution is 7.19. The average Bonchev–Trinajstić information content (AvgIpc) is 2.34. The van der Waals surface area contributed by atoms with E-state index in [4.69, 9.17) is 11.1 Å². The second-order valence-corrected chi connectivity index (χ2v) is 12.4. The van der Waals surface area contributed by atoms with Crippen molar-refractivity contribution in [2.75, 3.05) is 0 Å². The van der Waals surface area contributed by atoms with E-state index in [0.29, 0.717) is 0 Å². The van der Waals surface area contributed by atoms with Gasteiger partial charge in [-0.1, -0.05) is 13.1 Å². The van der Waals surface area contributed by atoms with Crippen LogP contribution >= 0.6 is 11.1 Å². The molecule has 0 spiro atoms. The van der Waals surface area contributed by atoms with Crippen LogP contribution in [0.1, 0.15) is 6.42 Å². The minimum Gasteiger partial charge on any atom is -0.250 e. The SMILES string of the molecule is C[Si](C)(Cl)C(F)CC(F)(F)C(F)(F)C(F)(F)C(F)(F)C(F)(F)C(F)(F)F. The first-order valence-corrected chi connectivity index (χ1v) is 10.3. The lowest BCUT2D eigenvalue weighted by atomic mass is 9.93. The van der Waals surface area contributed by atoms with Crippen LogP contribution in [-0.2, 0) is 0 Å². The van der Waals surface area contributed by atoms with Gasteiger partial charge in [-0.2, -0.15) is 68.2 Å². The number of halogens is 15. The van der Waals surface area contributed by atoms with Crippen molar-refractivity contribution in [3.8, 4) is 0 Å². The van der Waals surface area contributed by atoms with E-state index in [0.717, 1.165) is 13.1 Å². The van der Waals surface area contributed by atoms with Gasteiger partial charge in [-0.25, -0.2) is 4.39 Å². The van der Waals surface area contributed by atoms with Gasteiger partial charge in [0, 0.05) is 6.42 Å². The monoisotopic (exact) mass is 458 g/mol. The zero-order valence-electron chi connectivity index (χ0n) is 12.5. The summed E-state index contributed by atoms with van der Waals surface area (Å²) in [6, 6.07) is 0. The molecule has 0 amide bonds. The molecular formula is C10H9ClF14Si. The second-order valence-electron chi connectivity index (χ2n) is 5.74. The van der Waals surface area contributed by atoms with Crippen molar-refractivity contribution < 1.29 is 61.5 Å². The lowest BCUT2D eigenvalue weighted by molar-refractivity contribution is -0.440. The van der Waals surface area contributed by atoms with Gasteiger partial charge in [0.1, 0.15) is 5.79 Å². The lowest BCUT2D eigenvalue weighted by Crippen LogP contribution is -2.70. The predicted octanol–water partition coefficient (Wildman–Crippen LogP) is 6.44. The van der Waals surface area contributed by atoms with Crippen LogP contribution in [0.3, 0.4) is 0 Å². The predicted molar refractivity (Wildman–Crippen MR) is 63.6 cm³/mol. The normalized spacial score (nSPS) is 17.4. The minimum absolute atomic E-state index is 0.734. The van der Waals surface area contributed by atoms with Crippen molar-refractivity contribution >= 4 is 18.5 Å². The van der Waals surface area contributed by atoms with E-state index in [-0.39, 0.29) is 0 Å². The van der Waals surface area contributed by atoms with Gasteiger partial charge in [0.25, 0.3) is 0 Å². The molecule has 0 aliphatic rings. The van der Waals surface area contributed by atoms with Gasteiger partial charge in [-0.15, -0.1) is 0 Å². The lowest BCUT2D eigenvalue weighted by Gasteiger charge is -2.40. The number of hydrogen-bond acceptors (Lipinski definition) is 0. The van der Waals surface area contributed by atoms with Crippen LogP contribution < -0.4 is 0 Å². The maximum absolute atomic E-state index is 13.4. The van der Waals surface area contributed by atoms with Crippen LogP contribution in [0.15, 0.2) is 0 Å². The van der Waals surface area contributed by atoms with E-state index in [9.17, 15) is 61.5 Å². The third-order valence-electron chi connectivity index (χ3n) is 3.18. The molecule has 0 saturated heterocycles. The van der Waals surface area contributed by atoms with Crippen LogP contribution in [0, 0.1) is 0 Å². The fourth-order valence-electron chi connectivity index (χ4n) is 1.40. The summed E-state index contributed by atoms with van der Waals surface area (Å²) in [6.07, 6.45) is -10.4. The van der Waals surface area contributed by atoms with Crippen molar-refractivity contribution in [2.24, 2.45) is 0 Å². The van der Waals surface area contributed by atoms with Crippen LogP contribution in [0.2, 0.25) is 13.1 Å². The second kappa shape index (κ2) is 6.55. The third-order valence-corrected chi connectivity index (χ3v) is 5.58. The zero-order valence-corrected chi connectivity index (χ0v) is 14.2. The molecule has 0 aromatic carbocycles. The Balaban J connectivity index is 6.17. The van der Waals surface area contributed by atoms with E-state index >= 15 is 0 Å². The quantitative estimate of drug-likeness (QED) is 0.234. The Hall–Kier alpha value is -0.473. The summed E-state index contributed by atoms with van der Waals surface area (Å²) in [7, 11) is -3.89. The van der Waals surface area contributed by atoms with Crippen molar-refractivity contribution in [3.05, 3.63) is 0 Å². The topological polar surface area (TPSA) is 0 Å². The Morgan fingerprint density at radius 2 is 0.962 bits per heavy atom. The molecule has 0 saturated carbocycles. The molecule has 158 valence electrons. The van der Waals surface area contributed by atoms with Crippen molar-refractivity contribution in [3.63, 3.8) is 0 Å². The Bertz CT molecular complexity index is 505. The van der Waals surface area contributed by atoms with Crippen LogP contribution in [0.25, 0.3) is 0 Å². The fourth-order valence-corrected chi connectivity index (χ4v) is 2.37. The Labute approximate surface area is 142 Å². The highest BCUT2D eigenvalue weighted by Crippen LogP contribution is 2.61. The molecule has 1 atom stereocenters. The third kappa shape index (κ3) is 3.87. The summed E-state index contributed by atoms with van der Waals surface area (Å²) in [5.41, 5.74) is 0. The van der Waals surface area contributed by atoms with Gasteiger partial charge >= 0.3 is 35.8 Å². The van der Waals surface area contributed by atoms with Gasteiger partial charge in [0.05, 0.1) is 0 Å². The summed E-state index contributed by atoms with van der Waals surface area (Å²) in [5.74, 6) is -40.7. The van der Waals surface area contributed by atoms with Crippen molar-refractivity contribution in [1.29, 1.82) is 0 Å². The summed E-state index contributed by atoms with van der Waals surface area (Å²) in [4.78, 5) is 0. The Morgan fingerprint density at radius 1 is 0.654 bits per heavy atom. The summed E-state index contributed by atoms with van der Waals surface area (Å²) in [5, 5.41) is 0. The molecule has 0 aromatic heterocycles. The highest BCUT2D eigenvalue weighted by atomic mass is 35.6. The first-order chi connectivity index (χ1) is 10.9. The number of hydrogen-bond donors (Lipinski definition) is 0. The van der Waals surface area contributed by atoms with E-state index in [1.165, 1.54) is 0 Å². The molecule has 16 heteroatoms. The molecule has 0 aromatic rings. The zero-order chi connectivity index (χ0) is 21.8. The number of rotatable bonds is 7. The first-order valence-electron chi connectivity index (χ1n) is 6.16. The molecule has 0 aliphatic heterocycles. The van der Waals surface area contributed by atoms with E-state index < -0.39 is 55.4 Å². The first kappa shape index (κ1) is 25.5. The molecule has 0 nitrogen and oxygen atoms in total. The van der Waals surface area contributed by atoms with Gasteiger partial charge < -0.3 is 0 Å². The van der Waals surface area contributed by atoms with Crippen LogP contribution in [-0.4, -0.2) is 49.0 Å². The molecule has 0 fully saturated rings. The maximum Gasteiger partial charge on any atom is 0.460 e. The minimum atomic E-state index is -7.98. The van der Waals surface area contributed by atoms with Gasteiger partial charge in [-0.3, -0.25) is 0 Å². The largest absolute Gasteiger partial charge is 0.460 e. The number of alkyl halides is 14. The summed E-state index contributed by atoms with van der Waals surface area (Å²) >= 11 is 5.26. The van der Waals surface area contributed by atoms with E-state index in [2.05, 4.69) is 0 Å². The molecule has 0 radical (unpaired) electrons. The van der Waals surface area contributed by atoms with Crippen LogP contribution in [0.4, 0.5) is 61.5 Å². The highest BCUT2D eigenvalue weighted by Gasteiger charge is 2.90. The summed E-state index contributed by atoms with van der Waals surface area (Å²) in [6.45, 7) is 1.47. The van der Waals surface area contributed by atoms with Crippen molar-refractivity contribution in [1.82, 2.24) is 0 Å². The fraction of sp³-hybridized carbons (Fsp3) is 1.00. The molecule has 26 heavy (non-hydrogen) atoms. The molecule has 0 heterocycles. The molecule has 0 N–H and O–H groups in total. The van der Waals surface area contributed by atoms with Crippen molar-refractivity contribution in [2.45, 2.75) is 61.1 Å². The molecule has 0 aliphatic carbocycles. The summed E-state index contributed by atoms with van der Waals surface area (Å²) < 4.78 is 179. The van der Waals surface area contributed by atoms with Crippen LogP contribution in [0.5, 0.6) is 0 Å². The smallest absolute Gasteiger partial charge is 0.250 e. The average molecular weight is 459 g/mol. The van der Waals surface area contributed by atoms with Gasteiger partial charge in [-0.05, 0) is 0 Å². The Kier molecular flexibility index (Phi) is 6.43. The molecule has 0 rings (SSSR count). The van der Waals surface area contributed by atoms with E-state index in [1.54, 1.807) is 0 Å². The molecule has 1 unspecified atom stereocenters. The van der Waals surface area contributed by atoms with Gasteiger partial charge in [0.15, 0.2) is 7.38 Å². The Morgan fingerprint density at radius 3 is 1.23 bits per heavy atom. The molecule has 0 bridgehead atoms. The van der Waals surface area contributed by atoms with Gasteiger partial charge in [0.2, 0.25) is 0 Å². The standard InChI is InChI=1S/C10H9ClF14Si/c1-26(2,11)4(12)3-5(13,14)6(15,16)7(17,18)8(19,20)9(21,22)10(23,24)25/h4H,3H2,1-2H3. The molecular weight excluding hydrogens is 450 g/mol. The van der Waals surface area contributed by atoms with E-state index in [1.807, 2.05) is 0 Å².